The van der Waals surface area contributed by atoms with Gasteiger partial charge in [0, 0.05) is 31.4 Å². The third kappa shape index (κ3) is 6.80. The van der Waals surface area contributed by atoms with Crippen LogP contribution < -0.4 is 16.0 Å². The van der Waals surface area contributed by atoms with Gasteiger partial charge in [0.25, 0.3) is 5.91 Å². The predicted molar refractivity (Wildman–Crippen MR) is 125 cm³/mol. The zero-order valence-corrected chi connectivity index (χ0v) is 19.5. The Morgan fingerprint density at radius 1 is 1.03 bits per heavy atom. The maximum atomic E-state index is 12.6. The van der Waals surface area contributed by atoms with E-state index >= 15 is 0 Å². The molecule has 32 heavy (non-hydrogen) atoms. The highest BCUT2D eigenvalue weighted by Crippen LogP contribution is 2.29. The minimum Gasteiger partial charge on any atom is -0.357 e. The number of pyridine rings is 1. The summed E-state index contributed by atoms with van der Waals surface area (Å²) in [6.07, 6.45) is -2.57. The number of carbonyl (C=O) groups is 1. The Hall–Kier alpha value is -2.90. The molecule has 3 rings (SSSR count). The van der Waals surface area contributed by atoms with Crippen molar-refractivity contribution in [3.05, 3.63) is 65.6 Å². The molecule has 0 saturated carbocycles. The normalized spacial score (nSPS) is 11.7. The van der Waals surface area contributed by atoms with Crippen LogP contribution in [-0.2, 0) is 12.7 Å². The van der Waals surface area contributed by atoms with Crippen molar-refractivity contribution in [1.29, 1.82) is 0 Å². The molecule has 1 amide bonds. The van der Waals surface area contributed by atoms with Crippen LogP contribution in [-0.4, -0.2) is 46.1 Å². The summed E-state index contributed by atoms with van der Waals surface area (Å²) in [4.78, 5) is 16.6. The lowest BCUT2D eigenvalue weighted by atomic mass is 10.1. The summed E-state index contributed by atoms with van der Waals surface area (Å²) in [5.74, 6) is 0.773. The van der Waals surface area contributed by atoms with E-state index in [4.69, 9.17) is 0 Å². The first-order chi connectivity index (χ1) is 14.9. The smallest absolute Gasteiger partial charge is 0.357 e. The van der Waals surface area contributed by atoms with E-state index in [9.17, 15) is 18.0 Å². The monoisotopic (exact) mass is 561 g/mol. The van der Waals surface area contributed by atoms with E-state index in [-0.39, 0.29) is 36.1 Å². The molecule has 0 saturated heterocycles. The van der Waals surface area contributed by atoms with Crippen molar-refractivity contribution >= 4 is 41.5 Å². The summed E-state index contributed by atoms with van der Waals surface area (Å²) in [6, 6.07) is 9.69. The highest BCUT2D eigenvalue weighted by molar-refractivity contribution is 14.0. The number of aliphatic imine (C=N–C) groups is 1. The van der Waals surface area contributed by atoms with Crippen LogP contribution in [0.3, 0.4) is 0 Å². The van der Waals surface area contributed by atoms with E-state index in [2.05, 4.69) is 31.1 Å². The van der Waals surface area contributed by atoms with Crippen LogP contribution in [0.2, 0.25) is 0 Å². The first-order valence-corrected chi connectivity index (χ1v) is 9.64. The molecular formula is C20H23F3IN7O. The molecule has 12 heteroatoms. The van der Waals surface area contributed by atoms with Crippen molar-refractivity contribution in [3.63, 3.8) is 0 Å². The lowest BCUT2D eigenvalue weighted by Crippen LogP contribution is -2.41. The average Bonchev–Trinajstić information content (AvgIpc) is 3.17. The van der Waals surface area contributed by atoms with Crippen molar-refractivity contribution in [3.8, 4) is 0 Å². The Labute approximate surface area is 199 Å². The molecule has 0 bridgehead atoms. The fraction of sp³-hybridized carbons (Fsp3) is 0.300. The number of hydrogen-bond acceptors (Lipinski definition) is 4. The summed E-state index contributed by atoms with van der Waals surface area (Å²) in [5.41, 5.74) is 0.0987. The molecule has 2 aromatic heterocycles. The van der Waals surface area contributed by atoms with Crippen LogP contribution >= 0.6 is 24.0 Å². The lowest BCUT2D eigenvalue weighted by Gasteiger charge is -2.12. The zero-order valence-electron chi connectivity index (χ0n) is 17.2. The number of benzene rings is 1. The summed E-state index contributed by atoms with van der Waals surface area (Å²) in [5, 5.41) is 17.0. The van der Waals surface area contributed by atoms with Crippen LogP contribution in [0.1, 0.15) is 28.7 Å². The highest BCUT2D eigenvalue weighted by atomic mass is 127. The molecule has 2 heterocycles. The second kappa shape index (κ2) is 11.6. The van der Waals surface area contributed by atoms with E-state index < -0.39 is 17.6 Å². The maximum absolute atomic E-state index is 12.6. The van der Waals surface area contributed by atoms with Crippen LogP contribution in [0, 0.1) is 0 Å². The third-order valence-electron chi connectivity index (χ3n) is 4.28. The van der Waals surface area contributed by atoms with Gasteiger partial charge < -0.3 is 16.0 Å². The van der Waals surface area contributed by atoms with Gasteiger partial charge in [0.2, 0.25) is 0 Å². The molecular weight excluding hydrogens is 538 g/mol. The Morgan fingerprint density at radius 3 is 2.44 bits per heavy atom. The van der Waals surface area contributed by atoms with Gasteiger partial charge in [-0.05, 0) is 43.3 Å². The van der Waals surface area contributed by atoms with E-state index in [1.165, 1.54) is 0 Å². The van der Waals surface area contributed by atoms with Gasteiger partial charge in [0.05, 0.1) is 5.56 Å². The Kier molecular flexibility index (Phi) is 9.23. The van der Waals surface area contributed by atoms with E-state index in [0.29, 0.717) is 31.4 Å². The van der Waals surface area contributed by atoms with Crippen LogP contribution in [0.25, 0.3) is 5.65 Å². The first-order valence-electron chi connectivity index (χ1n) is 9.64. The molecule has 1 aromatic carbocycles. The number of nitrogens with one attached hydrogen (secondary N) is 3. The van der Waals surface area contributed by atoms with Gasteiger partial charge in [0.15, 0.2) is 17.4 Å². The van der Waals surface area contributed by atoms with E-state index in [1.807, 2.05) is 35.7 Å². The Bertz CT molecular complexity index is 1050. The Morgan fingerprint density at radius 2 is 1.75 bits per heavy atom. The molecule has 0 radical (unpaired) electrons. The van der Waals surface area contributed by atoms with Crippen LogP contribution in [0.15, 0.2) is 53.7 Å². The van der Waals surface area contributed by atoms with E-state index in [0.717, 1.165) is 29.9 Å². The molecule has 0 unspecified atom stereocenters. The fourth-order valence-electron chi connectivity index (χ4n) is 2.76. The molecule has 3 N–H and O–H groups in total. The number of fused-ring (bicyclic) bond motifs is 1. The largest absolute Gasteiger partial charge is 0.416 e. The van der Waals surface area contributed by atoms with Gasteiger partial charge in [0.1, 0.15) is 6.54 Å². The number of carbonyl (C=O) groups excluding carboxylic acids is 1. The molecule has 0 spiro atoms. The second-order valence-corrected chi connectivity index (χ2v) is 6.50. The van der Waals surface area contributed by atoms with Gasteiger partial charge in [-0.2, -0.15) is 13.2 Å². The quantitative estimate of drug-likeness (QED) is 0.179. The zero-order chi connectivity index (χ0) is 22.3. The fourth-order valence-corrected chi connectivity index (χ4v) is 2.76. The lowest BCUT2D eigenvalue weighted by molar-refractivity contribution is -0.137. The van der Waals surface area contributed by atoms with Gasteiger partial charge >= 0.3 is 6.18 Å². The molecule has 0 aliphatic rings. The minimum atomic E-state index is -4.43. The van der Waals surface area contributed by atoms with Crippen molar-refractivity contribution in [1.82, 2.24) is 30.5 Å². The number of nitrogens with zero attached hydrogens (tertiary/aromatic N) is 4. The van der Waals surface area contributed by atoms with Crippen molar-refractivity contribution < 1.29 is 18.0 Å². The first kappa shape index (κ1) is 25.4. The topological polar surface area (TPSA) is 95.7 Å². The number of rotatable bonds is 7. The van der Waals surface area contributed by atoms with Crippen molar-refractivity contribution in [2.24, 2.45) is 4.99 Å². The minimum absolute atomic E-state index is 0. The highest BCUT2D eigenvalue weighted by Gasteiger charge is 2.30. The molecule has 0 fully saturated rings. The molecule has 0 aliphatic heterocycles. The molecule has 3 aromatic rings. The molecule has 8 nitrogen and oxygen atoms in total. The molecule has 172 valence electrons. The SMILES string of the molecule is CCNC(=NCc1nnc2ccccn12)NCCNC(=O)c1ccc(C(F)(F)F)cc1.I. The van der Waals surface area contributed by atoms with Crippen LogP contribution in [0.5, 0.6) is 0 Å². The Balaban J connectivity index is 0.00000363. The predicted octanol–water partition coefficient (Wildman–Crippen LogP) is 2.85. The number of halogens is 4. The van der Waals surface area contributed by atoms with Gasteiger partial charge in [-0.15, -0.1) is 34.2 Å². The molecule has 0 aliphatic carbocycles. The van der Waals surface area contributed by atoms with Gasteiger partial charge in [-0.3, -0.25) is 9.20 Å². The van der Waals surface area contributed by atoms with Crippen molar-refractivity contribution in [2.75, 3.05) is 19.6 Å². The number of hydrogen-bond donors (Lipinski definition) is 3. The molecule has 0 atom stereocenters. The standard InChI is InChI=1S/C20H22F3N7O.HI/c1-2-24-19(27-13-17-29-28-16-5-3-4-12-30(16)17)26-11-10-25-18(31)14-6-8-15(9-7-14)20(21,22)23;/h3-9,12H,2,10-11,13H2,1H3,(H,25,31)(H2,24,26,27);1H. The van der Waals surface area contributed by atoms with Gasteiger partial charge in [-0.25, -0.2) is 4.99 Å². The second-order valence-electron chi connectivity index (χ2n) is 6.50. The third-order valence-corrected chi connectivity index (χ3v) is 4.28. The van der Waals surface area contributed by atoms with Crippen LogP contribution in [0.4, 0.5) is 13.2 Å². The van der Waals surface area contributed by atoms with E-state index in [1.54, 1.807) is 0 Å². The van der Waals surface area contributed by atoms with Gasteiger partial charge in [-0.1, -0.05) is 6.07 Å². The number of alkyl halides is 3. The summed E-state index contributed by atoms with van der Waals surface area (Å²) in [7, 11) is 0. The summed E-state index contributed by atoms with van der Waals surface area (Å²) < 4.78 is 39.7. The number of aromatic nitrogens is 3. The maximum Gasteiger partial charge on any atom is 0.416 e. The number of amides is 1. The number of guanidine groups is 1. The summed E-state index contributed by atoms with van der Waals surface area (Å²) in [6.45, 7) is 3.51. The van der Waals surface area contributed by atoms with Crippen molar-refractivity contribution in [2.45, 2.75) is 19.6 Å². The summed E-state index contributed by atoms with van der Waals surface area (Å²) >= 11 is 0. The average molecular weight is 561 g/mol.